The zero-order valence-corrected chi connectivity index (χ0v) is 13.1. The molecule has 2 aliphatic rings. The van der Waals surface area contributed by atoms with Crippen LogP contribution in [0.5, 0.6) is 0 Å². The van der Waals surface area contributed by atoms with Gasteiger partial charge < -0.3 is 5.32 Å². The molecule has 0 aliphatic heterocycles. The molecular weight excluding hydrogens is 308 g/mol. The van der Waals surface area contributed by atoms with E-state index in [0.717, 1.165) is 0 Å². The summed E-state index contributed by atoms with van der Waals surface area (Å²) < 4.78 is 1.56. The van der Waals surface area contributed by atoms with Gasteiger partial charge in [-0.2, -0.15) is 5.10 Å². The van der Waals surface area contributed by atoms with Crippen LogP contribution in [-0.4, -0.2) is 26.7 Å². The van der Waals surface area contributed by atoms with Crippen LogP contribution >= 0.6 is 0 Å². The number of benzene rings is 1. The Morgan fingerprint density at radius 1 is 1.21 bits per heavy atom. The molecule has 124 valence electrons. The Hall–Kier alpha value is -2.70. The minimum absolute atomic E-state index is 0.0283. The van der Waals surface area contributed by atoms with Crippen LogP contribution in [0.25, 0.3) is 5.69 Å². The second-order valence-electron chi connectivity index (χ2n) is 6.62. The van der Waals surface area contributed by atoms with Crippen molar-refractivity contribution >= 4 is 11.6 Å². The molecule has 2 aliphatic carbocycles. The zero-order valence-electron chi connectivity index (χ0n) is 13.1. The molecule has 0 bridgehead atoms. The second kappa shape index (κ2) is 5.74. The van der Waals surface area contributed by atoms with Gasteiger partial charge in [-0.25, -0.2) is 4.68 Å². The van der Waals surface area contributed by atoms with E-state index in [0.29, 0.717) is 29.1 Å². The van der Waals surface area contributed by atoms with Gasteiger partial charge in [-0.3, -0.25) is 14.9 Å². The van der Waals surface area contributed by atoms with Gasteiger partial charge in [0.25, 0.3) is 11.6 Å². The summed E-state index contributed by atoms with van der Waals surface area (Å²) in [5.74, 6) is 1.20. The van der Waals surface area contributed by atoms with Crippen molar-refractivity contribution < 1.29 is 9.72 Å². The number of nitro groups is 1. The number of hydrogen-bond donors (Lipinski definition) is 1. The topological polar surface area (TPSA) is 90.1 Å². The Morgan fingerprint density at radius 3 is 2.38 bits per heavy atom. The fourth-order valence-corrected chi connectivity index (χ4v) is 3.07. The number of hydrogen-bond acceptors (Lipinski definition) is 4. The lowest BCUT2D eigenvalue weighted by molar-refractivity contribution is -0.384. The molecule has 1 heterocycles. The Labute approximate surface area is 138 Å². The average molecular weight is 326 g/mol. The number of nitro benzene ring substituents is 1. The van der Waals surface area contributed by atoms with Gasteiger partial charge in [-0.1, -0.05) is 0 Å². The summed E-state index contributed by atoms with van der Waals surface area (Å²) in [6, 6.07) is 6.38. The predicted octanol–water partition coefficient (Wildman–Crippen LogP) is 2.70. The van der Waals surface area contributed by atoms with Crippen LogP contribution < -0.4 is 5.32 Å². The Kier molecular flexibility index (Phi) is 3.55. The first kappa shape index (κ1) is 14.9. The quantitative estimate of drug-likeness (QED) is 0.653. The van der Waals surface area contributed by atoms with Gasteiger partial charge in [-0.05, 0) is 49.7 Å². The fourth-order valence-electron chi connectivity index (χ4n) is 3.07. The summed E-state index contributed by atoms with van der Waals surface area (Å²) in [7, 11) is 0. The van der Waals surface area contributed by atoms with E-state index in [-0.39, 0.29) is 11.6 Å². The highest BCUT2D eigenvalue weighted by Gasteiger charge is 2.42. The van der Waals surface area contributed by atoms with E-state index in [2.05, 4.69) is 10.4 Å². The number of carbonyl (C=O) groups excluding carboxylic acids is 1. The maximum atomic E-state index is 12.5. The third-order valence-corrected chi connectivity index (χ3v) is 4.73. The van der Waals surface area contributed by atoms with Crippen LogP contribution in [0.2, 0.25) is 0 Å². The molecule has 24 heavy (non-hydrogen) atoms. The summed E-state index contributed by atoms with van der Waals surface area (Å²) in [5, 5.41) is 18.1. The highest BCUT2D eigenvalue weighted by Crippen LogP contribution is 2.44. The number of nitrogens with zero attached hydrogens (tertiary/aromatic N) is 3. The van der Waals surface area contributed by atoms with Crippen LogP contribution in [0, 0.1) is 22.0 Å². The molecule has 0 atom stereocenters. The molecule has 1 amide bonds. The normalized spacial score (nSPS) is 17.0. The van der Waals surface area contributed by atoms with Crippen molar-refractivity contribution in [3.8, 4) is 5.69 Å². The lowest BCUT2D eigenvalue weighted by Gasteiger charge is -2.16. The van der Waals surface area contributed by atoms with Crippen molar-refractivity contribution in [2.45, 2.75) is 31.7 Å². The molecule has 2 fully saturated rings. The Balaban J connectivity index is 1.47. The molecule has 1 N–H and O–H groups in total. The van der Waals surface area contributed by atoms with Gasteiger partial charge in [0.15, 0.2) is 0 Å². The minimum Gasteiger partial charge on any atom is -0.349 e. The molecule has 0 unspecified atom stereocenters. The summed E-state index contributed by atoms with van der Waals surface area (Å²) in [4.78, 5) is 22.7. The van der Waals surface area contributed by atoms with E-state index < -0.39 is 4.92 Å². The highest BCUT2D eigenvalue weighted by molar-refractivity contribution is 5.94. The maximum absolute atomic E-state index is 12.5. The van der Waals surface area contributed by atoms with E-state index in [1.807, 2.05) is 0 Å². The SMILES string of the molecule is O=C(NC(C1CC1)C1CC1)c1cnn(-c2ccc([N+](=O)[O-])cc2)c1. The number of nitrogens with one attached hydrogen (secondary N) is 1. The van der Waals surface area contributed by atoms with E-state index in [4.69, 9.17) is 0 Å². The molecular formula is C17H18N4O3. The zero-order chi connectivity index (χ0) is 16.7. The molecule has 1 aromatic heterocycles. The van der Waals surface area contributed by atoms with Crippen LogP contribution in [0.1, 0.15) is 36.0 Å². The monoisotopic (exact) mass is 326 g/mol. The predicted molar refractivity (Wildman–Crippen MR) is 86.9 cm³/mol. The van der Waals surface area contributed by atoms with E-state index >= 15 is 0 Å². The number of rotatable bonds is 6. The van der Waals surface area contributed by atoms with Crippen LogP contribution in [-0.2, 0) is 0 Å². The van der Waals surface area contributed by atoms with Crippen molar-refractivity contribution in [2.24, 2.45) is 11.8 Å². The summed E-state index contributed by atoms with van der Waals surface area (Å²) >= 11 is 0. The Bertz CT molecular complexity index is 763. The first-order valence-corrected chi connectivity index (χ1v) is 8.22. The van der Waals surface area contributed by atoms with E-state index in [1.165, 1.54) is 44.0 Å². The number of aromatic nitrogens is 2. The van der Waals surface area contributed by atoms with E-state index in [1.54, 1.807) is 23.0 Å². The van der Waals surface area contributed by atoms with Crippen molar-refractivity contribution in [1.82, 2.24) is 15.1 Å². The number of carbonyl (C=O) groups is 1. The largest absolute Gasteiger partial charge is 0.349 e. The van der Waals surface area contributed by atoms with Crippen LogP contribution in [0.3, 0.4) is 0 Å². The molecule has 0 radical (unpaired) electrons. The van der Waals surface area contributed by atoms with Gasteiger partial charge in [0, 0.05) is 24.4 Å². The fraction of sp³-hybridized carbons (Fsp3) is 0.412. The molecule has 0 saturated heterocycles. The highest BCUT2D eigenvalue weighted by atomic mass is 16.6. The summed E-state index contributed by atoms with van der Waals surface area (Å²) in [6.07, 6.45) is 8.04. The molecule has 2 saturated carbocycles. The minimum atomic E-state index is -0.443. The molecule has 7 nitrogen and oxygen atoms in total. The van der Waals surface area contributed by atoms with Crippen LogP contribution in [0.15, 0.2) is 36.7 Å². The van der Waals surface area contributed by atoms with Crippen LogP contribution in [0.4, 0.5) is 5.69 Å². The molecule has 1 aromatic carbocycles. The maximum Gasteiger partial charge on any atom is 0.269 e. The number of non-ortho nitro benzene ring substituents is 1. The van der Waals surface area contributed by atoms with Gasteiger partial charge in [0.05, 0.1) is 22.4 Å². The van der Waals surface area contributed by atoms with Gasteiger partial charge in [0.1, 0.15) is 0 Å². The summed E-state index contributed by atoms with van der Waals surface area (Å²) in [5.41, 5.74) is 1.22. The van der Waals surface area contributed by atoms with Crippen molar-refractivity contribution in [1.29, 1.82) is 0 Å². The van der Waals surface area contributed by atoms with Crippen molar-refractivity contribution in [3.05, 3.63) is 52.3 Å². The standard InChI is InChI=1S/C17H18N4O3/c22-17(19-16(11-1-2-11)12-3-4-12)13-9-18-20(10-13)14-5-7-15(8-6-14)21(23)24/h5-12,16H,1-4H2,(H,19,22). The molecule has 4 rings (SSSR count). The smallest absolute Gasteiger partial charge is 0.269 e. The second-order valence-corrected chi connectivity index (χ2v) is 6.62. The number of amides is 1. The average Bonchev–Trinajstić information content (AvgIpc) is 3.51. The molecule has 7 heteroatoms. The van der Waals surface area contributed by atoms with Gasteiger partial charge in [-0.15, -0.1) is 0 Å². The van der Waals surface area contributed by atoms with Gasteiger partial charge in [0.2, 0.25) is 0 Å². The third-order valence-electron chi connectivity index (χ3n) is 4.73. The van der Waals surface area contributed by atoms with Crippen molar-refractivity contribution in [3.63, 3.8) is 0 Å². The first-order valence-electron chi connectivity index (χ1n) is 8.22. The lowest BCUT2D eigenvalue weighted by Crippen LogP contribution is -2.37. The third kappa shape index (κ3) is 3.02. The van der Waals surface area contributed by atoms with Gasteiger partial charge >= 0.3 is 0 Å². The van der Waals surface area contributed by atoms with E-state index in [9.17, 15) is 14.9 Å². The molecule has 0 spiro atoms. The Morgan fingerprint density at radius 2 is 1.83 bits per heavy atom. The molecule has 2 aromatic rings. The first-order chi connectivity index (χ1) is 11.6. The van der Waals surface area contributed by atoms with Crippen molar-refractivity contribution in [2.75, 3.05) is 0 Å². The summed E-state index contributed by atoms with van der Waals surface area (Å²) in [6.45, 7) is 0. The lowest BCUT2D eigenvalue weighted by atomic mass is 10.1.